The van der Waals surface area contributed by atoms with Crippen LogP contribution in [0.1, 0.15) is 11.6 Å². The number of hydrogen-bond donors (Lipinski definition) is 2. The van der Waals surface area contributed by atoms with E-state index < -0.39 is 0 Å². The van der Waals surface area contributed by atoms with Gasteiger partial charge in [0.25, 0.3) is 0 Å². The number of hydrogen-bond acceptors (Lipinski definition) is 4. The van der Waals surface area contributed by atoms with Crippen LogP contribution in [0.5, 0.6) is 0 Å². The van der Waals surface area contributed by atoms with Gasteiger partial charge < -0.3 is 15.0 Å². The van der Waals surface area contributed by atoms with Crippen LogP contribution in [-0.2, 0) is 11.3 Å². The van der Waals surface area contributed by atoms with Crippen LogP contribution in [0, 0.1) is 0 Å². The van der Waals surface area contributed by atoms with Crippen molar-refractivity contribution in [3.05, 3.63) is 36.4 Å². The van der Waals surface area contributed by atoms with Crippen molar-refractivity contribution in [2.24, 2.45) is 0 Å². The van der Waals surface area contributed by atoms with E-state index in [9.17, 15) is 0 Å². The molecule has 1 aliphatic rings. The molecule has 0 bridgehead atoms. The Bertz CT molecular complexity index is 438. The Morgan fingerprint density at radius 2 is 2.53 bits per heavy atom. The number of nitrogens with zero attached hydrogens (tertiary/aromatic N) is 3. The van der Waals surface area contributed by atoms with E-state index in [0.29, 0.717) is 6.61 Å². The zero-order valence-corrected chi connectivity index (χ0v) is 9.41. The van der Waals surface area contributed by atoms with Crippen LogP contribution >= 0.6 is 0 Å². The Morgan fingerprint density at radius 1 is 1.53 bits per heavy atom. The second-order valence-corrected chi connectivity index (χ2v) is 4.19. The van der Waals surface area contributed by atoms with E-state index in [1.165, 1.54) is 5.56 Å². The largest absolute Gasteiger partial charge is 0.377 e. The van der Waals surface area contributed by atoms with Gasteiger partial charge in [0, 0.05) is 25.1 Å². The second-order valence-electron chi connectivity index (χ2n) is 4.19. The quantitative estimate of drug-likeness (QED) is 0.799. The minimum absolute atomic E-state index is 0.233. The lowest BCUT2D eigenvalue weighted by Crippen LogP contribution is -2.36. The molecule has 17 heavy (non-hydrogen) atoms. The third-order valence-electron chi connectivity index (χ3n) is 3.06. The molecule has 2 aromatic rings. The number of aromatic nitrogens is 4. The highest BCUT2D eigenvalue weighted by Gasteiger charge is 2.29. The van der Waals surface area contributed by atoms with Gasteiger partial charge >= 0.3 is 0 Å². The molecular weight excluding hydrogens is 218 g/mol. The lowest BCUT2D eigenvalue weighted by Gasteiger charge is -2.18. The van der Waals surface area contributed by atoms with E-state index >= 15 is 0 Å². The van der Waals surface area contributed by atoms with Crippen molar-refractivity contribution >= 4 is 0 Å². The number of H-pyrrole nitrogens is 1. The maximum atomic E-state index is 5.50. The van der Waals surface area contributed by atoms with Crippen molar-refractivity contribution in [3.63, 3.8) is 0 Å². The van der Waals surface area contributed by atoms with Crippen molar-refractivity contribution in [1.82, 2.24) is 25.3 Å². The van der Waals surface area contributed by atoms with Crippen molar-refractivity contribution in [2.45, 2.75) is 18.6 Å². The van der Waals surface area contributed by atoms with Crippen molar-refractivity contribution in [3.8, 4) is 0 Å². The average molecular weight is 233 g/mol. The van der Waals surface area contributed by atoms with Crippen molar-refractivity contribution < 1.29 is 4.74 Å². The van der Waals surface area contributed by atoms with E-state index in [4.69, 9.17) is 4.74 Å². The van der Waals surface area contributed by atoms with Crippen LogP contribution in [0.15, 0.2) is 30.9 Å². The Morgan fingerprint density at radius 3 is 3.29 bits per heavy atom. The van der Waals surface area contributed by atoms with E-state index in [1.807, 2.05) is 23.3 Å². The number of ether oxygens (including phenoxy) is 1. The molecule has 2 atom stereocenters. The molecule has 0 amide bonds. The fourth-order valence-electron chi connectivity index (χ4n) is 2.11. The van der Waals surface area contributed by atoms with E-state index in [1.54, 1.807) is 6.20 Å². The van der Waals surface area contributed by atoms with Gasteiger partial charge in [-0.15, -0.1) is 5.10 Å². The summed E-state index contributed by atoms with van der Waals surface area (Å²) < 4.78 is 7.37. The Hall–Kier alpha value is -1.66. The summed E-state index contributed by atoms with van der Waals surface area (Å²) in [5.74, 6) is 0. The van der Waals surface area contributed by atoms with Gasteiger partial charge in [-0.05, 0) is 11.6 Å². The minimum Gasteiger partial charge on any atom is -0.377 e. The molecule has 2 aromatic heterocycles. The molecular formula is C11H15N5O. The molecule has 0 aliphatic carbocycles. The van der Waals surface area contributed by atoms with Gasteiger partial charge in [0.2, 0.25) is 0 Å². The van der Waals surface area contributed by atoms with Crippen LogP contribution < -0.4 is 5.32 Å². The highest BCUT2D eigenvalue weighted by atomic mass is 16.5. The molecule has 6 heteroatoms. The van der Waals surface area contributed by atoms with E-state index in [-0.39, 0.29) is 12.1 Å². The van der Waals surface area contributed by atoms with Gasteiger partial charge in [0.15, 0.2) is 0 Å². The first-order chi connectivity index (χ1) is 8.43. The molecule has 6 nitrogen and oxygen atoms in total. The maximum Gasteiger partial charge on any atom is 0.0945 e. The molecule has 3 heterocycles. The standard InChI is InChI=1S/C11H15N5O/c1-2-12-5-9(1)6-13-10-7-17-8-11(10)16-4-3-14-15-16/h1-5,10-13H,6-8H2/t10-,11+/m0/s1. The lowest BCUT2D eigenvalue weighted by molar-refractivity contribution is 0.181. The summed E-state index contributed by atoms with van der Waals surface area (Å²) in [6.07, 6.45) is 7.50. The fraction of sp³-hybridized carbons (Fsp3) is 0.455. The lowest BCUT2D eigenvalue weighted by atomic mass is 10.1. The molecule has 90 valence electrons. The third-order valence-corrected chi connectivity index (χ3v) is 3.06. The summed E-state index contributed by atoms with van der Waals surface area (Å²) in [5.41, 5.74) is 1.24. The molecule has 0 saturated carbocycles. The van der Waals surface area contributed by atoms with Crippen LogP contribution in [0.2, 0.25) is 0 Å². The minimum atomic E-state index is 0.233. The molecule has 0 spiro atoms. The third kappa shape index (κ3) is 2.22. The van der Waals surface area contributed by atoms with Gasteiger partial charge in [-0.1, -0.05) is 5.21 Å². The Kier molecular flexibility index (Phi) is 2.89. The predicted octanol–water partition coefficient (Wildman–Crippen LogP) is 0.336. The summed E-state index contributed by atoms with van der Waals surface area (Å²) in [6.45, 7) is 2.24. The maximum absolute atomic E-state index is 5.50. The molecule has 1 fully saturated rings. The first-order valence-electron chi connectivity index (χ1n) is 5.72. The zero-order chi connectivity index (χ0) is 11.5. The van der Waals surface area contributed by atoms with Gasteiger partial charge in [-0.3, -0.25) is 0 Å². The SMILES string of the molecule is c1cn([C@@H]2COC[C@@H]2NCc2cc[nH]c2)nn1. The molecule has 1 aliphatic heterocycles. The summed E-state index contributed by atoms with van der Waals surface area (Å²) in [7, 11) is 0. The van der Waals surface area contributed by atoms with Gasteiger partial charge in [0.05, 0.1) is 31.5 Å². The predicted molar refractivity (Wildman–Crippen MR) is 61.3 cm³/mol. The molecule has 3 rings (SSSR count). The summed E-state index contributed by atoms with van der Waals surface area (Å²) in [6, 6.07) is 2.58. The van der Waals surface area contributed by atoms with Gasteiger partial charge in [-0.2, -0.15) is 0 Å². The molecule has 0 aromatic carbocycles. The first-order valence-corrected chi connectivity index (χ1v) is 5.72. The highest BCUT2D eigenvalue weighted by Crippen LogP contribution is 2.18. The van der Waals surface area contributed by atoms with Crippen molar-refractivity contribution in [1.29, 1.82) is 0 Å². The van der Waals surface area contributed by atoms with Crippen LogP contribution in [0.4, 0.5) is 0 Å². The average Bonchev–Trinajstić information content (AvgIpc) is 3.09. The van der Waals surface area contributed by atoms with Gasteiger partial charge in [0.1, 0.15) is 0 Å². The topological polar surface area (TPSA) is 67.8 Å². The zero-order valence-electron chi connectivity index (χ0n) is 9.41. The molecule has 1 saturated heterocycles. The molecule has 0 radical (unpaired) electrons. The summed E-state index contributed by atoms with van der Waals surface area (Å²) in [5, 5.41) is 11.4. The summed E-state index contributed by atoms with van der Waals surface area (Å²) >= 11 is 0. The van der Waals surface area contributed by atoms with Crippen LogP contribution in [0.3, 0.4) is 0 Å². The van der Waals surface area contributed by atoms with E-state index in [2.05, 4.69) is 26.7 Å². The molecule has 2 N–H and O–H groups in total. The fourth-order valence-corrected chi connectivity index (χ4v) is 2.11. The van der Waals surface area contributed by atoms with Crippen LogP contribution in [0.25, 0.3) is 0 Å². The monoisotopic (exact) mass is 233 g/mol. The number of nitrogens with one attached hydrogen (secondary N) is 2. The normalized spacial score (nSPS) is 24.2. The van der Waals surface area contributed by atoms with Crippen LogP contribution in [-0.4, -0.2) is 39.2 Å². The molecule has 0 unspecified atom stereocenters. The Labute approximate surface area is 99.0 Å². The summed E-state index contributed by atoms with van der Waals surface area (Å²) in [4.78, 5) is 3.05. The van der Waals surface area contributed by atoms with Gasteiger partial charge in [-0.25, -0.2) is 4.68 Å². The smallest absolute Gasteiger partial charge is 0.0945 e. The number of aromatic amines is 1. The van der Waals surface area contributed by atoms with E-state index in [0.717, 1.165) is 13.2 Å². The van der Waals surface area contributed by atoms with Crippen molar-refractivity contribution in [2.75, 3.05) is 13.2 Å². The number of rotatable bonds is 4. The Balaban J connectivity index is 1.62. The first kappa shape index (κ1) is 10.5. The second kappa shape index (κ2) is 4.68. The highest BCUT2D eigenvalue weighted by molar-refractivity contribution is 5.08.